The van der Waals surface area contributed by atoms with Gasteiger partial charge in [0.2, 0.25) is 0 Å². The maximum Gasteiger partial charge on any atom is 0.192 e. The topological polar surface area (TPSA) is 46.5 Å². The molecular weight excluding hydrogens is 304 g/mol. The van der Waals surface area contributed by atoms with Crippen LogP contribution < -0.4 is 0 Å². The van der Waals surface area contributed by atoms with Crippen molar-refractivity contribution in [1.82, 2.24) is 0 Å². The predicted octanol–water partition coefficient (Wildman–Crippen LogP) is 5.04. The van der Waals surface area contributed by atoms with E-state index in [1.54, 1.807) is 0 Å². The molecule has 3 nitrogen and oxygen atoms in total. The molecule has 0 aliphatic carbocycles. The van der Waals surface area contributed by atoms with E-state index in [-0.39, 0.29) is 29.6 Å². The first-order valence-electron chi connectivity index (χ1n) is 9.17. The fourth-order valence-electron chi connectivity index (χ4n) is 2.66. The Hall–Kier alpha value is -0.193. The Kier molecular flexibility index (Phi) is 9.25. The van der Waals surface area contributed by atoms with Crippen LogP contribution in [0.25, 0.3) is 0 Å². The number of Topliss-reactive ketones (excluding diaryl/α,β-unsaturated/α-hetero) is 1. The van der Waals surface area contributed by atoms with Crippen molar-refractivity contribution in [3.05, 3.63) is 0 Å². The molecule has 0 aromatic heterocycles. The lowest BCUT2D eigenvalue weighted by molar-refractivity contribution is -0.129. The first-order valence-corrected chi connectivity index (χ1v) is 12.1. The lowest BCUT2D eigenvalue weighted by Crippen LogP contribution is -2.49. The van der Waals surface area contributed by atoms with E-state index in [4.69, 9.17) is 9.53 Å². The second-order valence-electron chi connectivity index (χ2n) is 8.89. The summed E-state index contributed by atoms with van der Waals surface area (Å²) < 4.78 is 6.68. The van der Waals surface area contributed by atoms with E-state index in [0.717, 1.165) is 19.3 Å². The van der Waals surface area contributed by atoms with Crippen LogP contribution in [0.4, 0.5) is 0 Å². The molecule has 0 heterocycles. The van der Waals surface area contributed by atoms with E-state index < -0.39 is 8.32 Å². The minimum Gasteiger partial charge on any atom is -0.413 e. The van der Waals surface area contributed by atoms with Gasteiger partial charge in [0.15, 0.2) is 8.32 Å². The number of carbonyl (C=O) groups excluding carboxylic acids is 1. The lowest BCUT2D eigenvalue weighted by atomic mass is 9.84. The van der Waals surface area contributed by atoms with Crippen LogP contribution in [0.3, 0.4) is 0 Å². The number of ketones is 1. The van der Waals surface area contributed by atoms with Crippen LogP contribution in [0.5, 0.6) is 0 Å². The molecule has 0 saturated heterocycles. The van der Waals surface area contributed by atoms with Crippen molar-refractivity contribution in [2.24, 2.45) is 17.8 Å². The van der Waals surface area contributed by atoms with Gasteiger partial charge in [0.25, 0.3) is 0 Å². The zero-order valence-corrected chi connectivity index (χ0v) is 17.9. The van der Waals surface area contributed by atoms with E-state index in [0.29, 0.717) is 11.7 Å². The van der Waals surface area contributed by atoms with Crippen LogP contribution in [-0.4, -0.2) is 31.9 Å². The van der Waals surface area contributed by atoms with Gasteiger partial charge in [0.1, 0.15) is 5.78 Å². The zero-order chi connectivity index (χ0) is 18.4. The summed E-state index contributed by atoms with van der Waals surface area (Å²) >= 11 is 0. The summed E-state index contributed by atoms with van der Waals surface area (Å²) in [5, 5.41) is 9.14. The van der Waals surface area contributed by atoms with Gasteiger partial charge in [-0.1, -0.05) is 54.9 Å². The van der Waals surface area contributed by atoms with Gasteiger partial charge < -0.3 is 9.53 Å². The summed E-state index contributed by atoms with van der Waals surface area (Å²) in [6.45, 7) is 19.6. The molecule has 0 amide bonds. The number of unbranched alkanes of at least 4 members (excludes halogenated alkanes) is 1. The highest BCUT2D eigenvalue weighted by molar-refractivity contribution is 6.74. The van der Waals surface area contributed by atoms with Crippen molar-refractivity contribution in [3.63, 3.8) is 0 Å². The number of rotatable bonds is 10. The fourth-order valence-corrected chi connectivity index (χ4v) is 4.13. The first-order chi connectivity index (χ1) is 10.3. The Balaban J connectivity index is 5.25. The van der Waals surface area contributed by atoms with Crippen molar-refractivity contribution in [2.75, 3.05) is 6.61 Å². The van der Waals surface area contributed by atoms with Gasteiger partial charge in [-0.25, -0.2) is 0 Å². The molecule has 0 spiro atoms. The summed E-state index contributed by atoms with van der Waals surface area (Å²) in [5.41, 5.74) is 0. The molecule has 0 rings (SSSR count). The summed E-state index contributed by atoms with van der Waals surface area (Å²) in [6, 6.07) is 0. The van der Waals surface area contributed by atoms with Crippen LogP contribution in [-0.2, 0) is 9.22 Å². The molecule has 0 aromatic carbocycles. The number of aliphatic hydroxyl groups is 1. The van der Waals surface area contributed by atoms with E-state index in [9.17, 15) is 4.79 Å². The number of hydrogen-bond donors (Lipinski definition) is 1. The Morgan fingerprint density at radius 1 is 1.09 bits per heavy atom. The van der Waals surface area contributed by atoms with Crippen molar-refractivity contribution in [2.45, 2.75) is 92.0 Å². The molecule has 4 heteroatoms. The van der Waals surface area contributed by atoms with Gasteiger partial charge in [0.05, 0.1) is 6.10 Å². The minimum atomic E-state index is -1.92. The summed E-state index contributed by atoms with van der Waals surface area (Å²) in [5.74, 6) is 0.588. The van der Waals surface area contributed by atoms with E-state index in [2.05, 4.69) is 40.8 Å². The van der Waals surface area contributed by atoms with Crippen molar-refractivity contribution in [3.8, 4) is 0 Å². The number of carbonyl (C=O) groups is 1. The van der Waals surface area contributed by atoms with Gasteiger partial charge in [0, 0.05) is 18.4 Å². The van der Waals surface area contributed by atoms with E-state index in [1.807, 2.05) is 20.8 Å². The van der Waals surface area contributed by atoms with Crippen molar-refractivity contribution < 1.29 is 14.3 Å². The van der Waals surface area contributed by atoms with Crippen molar-refractivity contribution in [1.29, 1.82) is 0 Å². The lowest BCUT2D eigenvalue weighted by Gasteiger charge is -2.43. The van der Waals surface area contributed by atoms with E-state index >= 15 is 0 Å². The number of aliphatic hydroxyl groups excluding tert-OH is 1. The molecule has 0 aromatic rings. The number of hydrogen-bond acceptors (Lipinski definition) is 3. The molecule has 138 valence electrons. The van der Waals surface area contributed by atoms with Gasteiger partial charge in [-0.3, -0.25) is 4.79 Å². The van der Waals surface area contributed by atoms with Crippen LogP contribution in [0.2, 0.25) is 18.1 Å². The second kappa shape index (κ2) is 9.33. The van der Waals surface area contributed by atoms with Crippen LogP contribution >= 0.6 is 0 Å². The molecule has 3 atom stereocenters. The SMILES string of the molecule is CC(C)C(=O)[C@H](C)[C@@H](O[Si](C)(C)C(C)(C)C)[C@@H](C)CCCCO. The van der Waals surface area contributed by atoms with Gasteiger partial charge in [-0.2, -0.15) is 0 Å². The molecule has 0 saturated carbocycles. The quantitative estimate of drug-likeness (QED) is 0.446. The van der Waals surface area contributed by atoms with Crippen LogP contribution in [0.15, 0.2) is 0 Å². The molecule has 0 bridgehead atoms. The van der Waals surface area contributed by atoms with Gasteiger partial charge >= 0.3 is 0 Å². The maximum atomic E-state index is 12.5. The summed E-state index contributed by atoms with van der Waals surface area (Å²) in [7, 11) is -1.92. The monoisotopic (exact) mass is 344 g/mol. The Bertz CT molecular complexity index is 358. The second-order valence-corrected chi connectivity index (χ2v) is 13.6. The largest absolute Gasteiger partial charge is 0.413 e. The maximum absolute atomic E-state index is 12.5. The molecule has 1 N–H and O–H groups in total. The Morgan fingerprint density at radius 2 is 1.61 bits per heavy atom. The minimum absolute atomic E-state index is 0.0236. The Labute approximate surface area is 145 Å². The van der Waals surface area contributed by atoms with Crippen LogP contribution in [0.1, 0.15) is 67.7 Å². The predicted molar refractivity (Wildman–Crippen MR) is 101 cm³/mol. The third-order valence-corrected chi connectivity index (χ3v) is 9.85. The highest BCUT2D eigenvalue weighted by atomic mass is 28.4. The molecule has 23 heavy (non-hydrogen) atoms. The molecule has 0 unspecified atom stereocenters. The van der Waals surface area contributed by atoms with Crippen LogP contribution in [0, 0.1) is 17.8 Å². The summed E-state index contributed by atoms with van der Waals surface area (Å²) in [6.07, 6.45) is 2.78. The molecule has 0 aliphatic heterocycles. The highest BCUT2D eigenvalue weighted by Gasteiger charge is 2.42. The summed E-state index contributed by atoms with van der Waals surface area (Å²) in [4.78, 5) is 12.5. The zero-order valence-electron chi connectivity index (χ0n) is 16.9. The average molecular weight is 345 g/mol. The standard InChI is InChI=1S/C19H40O3Si/c1-14(2)17(21)16(4)18(15(3)12-10-11-13-20)22-23(8,9)19(5,6)7/h14-16,18,20H,10-13H2,1-9H3/t15-,16-,18-/m0/s1. The van der Waals surface area contributed by atoms with Gasteiger partial charge in [-0.15, -0.1) is 0 Å². The molecule has 0 fully saturated rings. The highest BCUT2D eigenvalue weighted by Crippen LogP contribution is 2.40. The normalized spacial score (nSPS) is 17.2. The van der Waals surface area contributed by atoms with Gasteiger partial charge in [-0.05, 0) is 36.9 Å². The third-order valence-electron chi connectivity index (χ3n) is 5.38. The smallest absolute Gasteiger partial charge is 0.192 e. The first kappa shape index (κ1) is 22.8. The fraction of sp³-hybridized carbons (Fsp3) is 0.947. The molecule has 0 radical (unpaired) electrons. The molecule has 0 aliphatic rings. The third kappa shape index (κ3) is 7.06. The average Bonchev–Trinajstić information content (AvgIpc) is 2.41. The Morgan fingerprint density at radius 3 is 2.00 bits per heavy atom. The van der Waals surface area contributed by atoms with Crippen molar-refractivity contribution >= 4 is 14.1 Å². The molecular formula is C19H40O3Si. The van der Waals surface area contributed by atoms with E-state index in [1.165, 1.54) is 0 Å².